The molecule has 0 N–H and O–H groups in total. The lowest BCUT2D eigenvalue weighted by molar-refractivity contribution is 0.262. The van der Waals surface area contributed by atoms with Gasteiger partial charge in [-0.2, -0.15) is 9.29 Å². The van der Waals surface area contributed by atoms with Crippen LogP contribution in [0.2, 0.25) is 0 Å². The largest absolute Gasteiger partial charge is 0.339 e. The summed E-state index contributed by atoms with van der Waals surface area (Å²) in [5, 5.41) is 4.05. The van der Waals surface area contributed by atoms with Gasteiger partial charge in [0.2, 0.25) is 15.9 Å². The number of hydrogen-bond donors (Lipinski definition) is 0. The molecule has 1 aliphatic carbocycles. The molecule has 1 aromatic heterocycles. The highest BCUT2D eigenvalue weighted by Gasteiger charge is 2.31. The lowest BCUT2D eigenvalue weighted by atomic mass is 9.93. The van der Waals surface area contributed by atoms with Gasteiger partial charge in [0.25, 0.3) is 0 Å². The summed E-state index contributed by atoms with van der Waals surface area (Å²) >= 11 is 0. The van der Waals surface area contributed by atoms with E-state index in [1.54, 1.807) is 6.92 Å². The van der Waals surface area contributed by atoms with Gasteiger partial charge in [-0.05, 0) is 68.7 Å². The molecule has 0 amide bonds. The van der Waals surface area contributed by atoms with Gasteiger partial charge >= 0.3 is 0 Å². The van der Waals surface area contributed by atoms with Crippen LogP contribution in [0.1, 0.15) is 55.3 Å². The minimum atomic E-state index is -3.56. The predicted molar refractivity (Wildman–Crippen MR) is 97.2 cm³/mol. The summed E-state index contributed by atoms with van der Waals surface area (Å²) in [6, 6.07) is 3.97. The fourth-order valence-electron chi connectivity index (χ4n) is 3.56. The monoisotopic (exact) mass is 393 g/mol. The van der Waals surface area contributed by atoms with Gasteiger partial charge in [-0.1, -0.05) is 5.16 Å². The molecule has 0 bridgehead atoms. The third-order valence-electron chi connectivity index (χ3n) is 5.53. The molecule has 1 aliphatic heterocycles. The van der Waals surface area contributed by atoms with Crippen LogP contribution < -0.4 is 0 Å². The molecular formula is C19H24FN3O3S. The van der Waals surface area contributed by atoms with Gasteiger partial charge in [0.1, 0.15) is 5.82 Å². The van der Waals surface area contributed by atoms with Crippen molar-refractivity contribution >= 4 is 10.0 Å². The molecule has 6 nitrogen and oxygen atoms in total. The second kappa shape index (κ2) is 7.31. The minimum Gasteiger partial charge on any atom is -0.339 e. The Morgan fingerprint density at radius 3 is 2.63 bits per heavy atom. The van der Waals surface area contributed by atoms with Crippen LogP contribution >= 0.6 is 0 Å². The van der Waals surface area contributed by atoms with Gasteiger partial charge < -0.3 is 4.52 Å². The molecular weight excluding hydrogens is 369 g/mol. The van der Waals surface area contributed by atoms with E-state index < -0.39 is 10.0 Å². The third kappa shape index (κ3) is 4.06. The SMILES string of the molecule is Cc1cc(S(=O)(=O)N2CCC(CCc3noc(C4CC4)n3)CC2)ccc1F. The van der Waals surface area contributed by atoms with Crippen molar-refractivity contribution in [2.75, 3.05) is 13.1 Å². The predicted octanol–water partition coefficient (Wildman–Crippen LogP) is 3.43. The number of aromatic nitrogens is 2. The smallest absolute Gasteiger partial charge is 0.243 e. The van der Waals surface area contributed by atoms with Gasteiger partial charge in [0.15, 0.2) is 5.82 Å². The van der Waals surface area contributed by atoms with Crippen LogP contribution in [0.4, 0.5) is 4.39 Å². The second-order valence-corrected chi connectivity index (χ2v) is 9.56. The molecule has 0 spiro atoms. The topological polar surface area (TPSA) is 76.3 Å². The normalized spacial score (nSPS) is 19.5. The summed E-state index contributed by atoms with van der Waals surface area (Å²) in [5.41, 5.74) is 0.344. The van der Waals surface area contributed by atoms with Gasteiger partial charge in [0, 0.05) is 25.4 Å². The Hall–Kier alpha value is -1.80. The Labute approximate surface area is 158 Å². The zero-order valence-electron chi connectivity index (χ0n) is 15.4. The fraction of sp³-hybridized carbons (Fsp3) is 0.579. The number of sulfonamides is 1. The first-order valence-corrected chi connectivity index (χ1v) is 11.0. The van der Waals surface area contributed by atoms with E-state index in [9.17, 15) is 12.8 Å². The molecule has 1 saturated carbocycles. The number of aryl methyl sites for hydroxylation is 2. The summed E-state index contributed by atoms with van der Waals surface area (Å²) in [7, 11) is -3.56. The first-order valence-electron chi connectivity index (χ1n) is 9.52. The Kier molecular flexibility index (Phi) is 5.03. The number of rotatable bonds is 6. The van der Waals surface area contributed by atoms with Crippen LogP contribution in [0.3, 0.4) is 0 Å². The molecule has 2 aromatic rings. The Morgan fingerprint density at radius 1 is 1.22 bits per heavy atom. The van der Waals surface area contributed by atoms with E-state index in [1.807, 2.05) is 0 Å². The quantitative estimate of drug-likeness (QED) is 0.752. The van der Waals surface area contributed by atoms with Gasteiger partial charge in [-0.25, -0.2) is 12.8 Å². The maximum Gasteiger partial charge on any atom is 0.243 e. The molecule has 0 atom stereocenters. The van der Waals surface area contributed by atoms with E-state index in [1.165, 1.54) is 22.5 Å². The third-order valence-corrected chi connectivity index (χ3v) is 7.42. The summed E-state index contributed by atoms with van der Waals surface area (Å²) in [6.45, 7) is 2.55. The van der Waals surface area contributed by atoms with Gasteiger partial charge in [0.05, 0.1) is 4.90 Å². The van der Waals surface area contributed by atoms with Crippen molar-refractivity contribution in [2.45, 2.75) is 56.3 Å². The van der Waals surface area contributed by atoms with E-state index in [-0.39, 0.29) is 10.7 Å². The molecule has 1 saturated heterocycles. The van der Waals surface area contributed by atoms with E-state index in [0.717, 1.165) is 50.2 Å². The highest BCUT2D eigenvalue weighted by molar-refractivity contribution is 7.89. The lowest BCUT2D eigenvalue weighted by Gasteiger charge is -2.31. The molecule has 2 heterocycles. The standard InChI is InChI=1S/C19H24FN3O3S/c1-13-12-16(5-6-17(13)20)27(24,25)23-10-8-14(9-11-23)2-7-18-21-19(26-22-18)15-3-4-15/h5-6,12,14-15H,2-4,7-11H2,1H3. The van der Waals surface area contributed by atoms with Crippen molar-refractivity contribution in [1.29, 1.82) is 0 Å². The first kappa shape index (κ1) is 18.6. The number of halogens is 1. The molecule has 2 aliphatic rings. The van der Waals surface area contributed by atoms with E-state index >= 15 is 0 Å². The average Bonchev–Trinajstić information content (AvgIpc) is 3.41. The highest BCUT2D eigenvalue weighted by atomic mass is 32.2. The number of benzene rings is 1. The average molecular weight is 393 g/mol. The summed E-state index contributed by atoms with van der Waals surface area (Å²) in [6.07, 6.45) is 5.61. The van der Waals surface area contributed by atoms with Crippen molar-refractivity contribution < 1.29 is 17.3 Å². The number of nitrogens with zero attached hydrogens (tertiary/aromatic N) is 3. The Morgan fingerprint density at radius 2 is 1.96 bits per heavy atom. The fourth-order valence-corrected chi connectivity index (χ4v) is 5.12. The molecule has 146 valence electrons. The molecule has 2 fully saturated rings. The van der Waals surface area contributed by atoms with Crippen molar-refractivity contribution in [2.24, 2.45) is 5.92 Å². The Bertz CT molecular complexity index is 916. The number of hydrogen-bond acceptors (Lipinski definition) is 5. The minimum absolute atomic E-state index is 0.166. The zero-order chi connectivity index (χ0) is 19.0. The van der Waals surface area contributed by atoms with E-state index in [4.69, 9.17) is 4.52 Å². The van der Waals surface area contributed by atoms with Crippen LogP contribution in [-0.4, -0.2) is 36.0 Å². The van der Waals surface area contributed by atoms with E-state index in [2.05, 4.69) is 10.1 Å². The Balaban J connectivity index is 1.31. The summed E-state index contributed by atoms with van der Waals surface area (Å²) < 4.78 is 45.8. The van der Waals surface area contributed by atoms with Gasteiger partial charge in [-0.15, -0.1) is 0 Å². The van der Waals surface area contributed by atoms with E-state index in [0.29, 0.717) is 30.5 Å². The van der Waals surface area contributed by atoms with Crippen LogP contribution in [0.5, 0.6) is 0 Å². The molecule has 8 heteroatoms. The van der Waals surface area contributed by atoms with Crippen LogP contribution in [0, 0.1) is 18.7 Å². The van der Waals surface area contributed by atoms with Crippen LogP contribution in [-0.2, 0) is 16.4 Å². The molecule has 0 unspecified atom stereocenters. The summed E-state index contributed by atoms with van der Waals surface area (Å²) in [5.74, 6) is 2.05. The van der Waals surface area contributed by atoms with Crippen molar-refractivity contribution in [1.82, 2.24) is 14.4 Å². The molecule has 1 aromatic carbocycles. The second-order valence-electron chi connectivity index (χ2n) is 7.62. The van der Waals surface area contributed by atoms with Crippen LogP contribution in [0.15, 0.2) is 27.6 Å². The number of piperidine rings is 1. The summed E-state index contributed by atoms with van der Waals surface area (Å²) in [4.78, 5) is 4.62. The van der Waals surface area contributed by atoms with Crippen molar-refractivity contribution in [3.05, 3.63) is 41.3 Å². The lowest BCUT2D eigenvalue weighted by Crippen LogP contribution is -2.38. The maximum atomic E-state index is 13.4. The maximum absolute atomic E-state index is 13.4. The van der Waals surface area contributed by atoms with Crippen molar-refractivity contribution in [3.8, 4) is 0 Å². The zero-order valence-corrected chi connectivity index (χ0v) is 16.2. The first-order chi connectivity index (χ1) is 12.9. The van der Waals surface area contributed by atoms with Gasteiger partial charge in [-0.3, -0.25) is 0 Å². The molecule has 4 rings (SSSR count). The molecule has 27 heavy (non-hydrogen) atoms. The highest BCUT2D eigenvalue weighted by Crippen LogP contribution is 2.39. The molecule has 0 radical (unpaired) electrons. The van der Waals surface area contributed by atoms with Crippen LogP contribution in [0.25, 0.3) is 0 Å². The van der Waals surface area contributed by atoms with Crippen molar-refractivity contribution in [3.63, 3.8) is 0 Å².